The Morgan fingerprint density at radius 1 is 1.12 bits per heavy atom. The molecule has 0 radical (unpaired) electrons. The molecule has 7 N–H and O–H groups in total. The molecule has 0 unspecified atom stereocenters. The van der Waals surface area contributed by atoms with Gasteiger partial charge >= 0.3 is 0 Å². The molecule has 1 aliphatic rings. The zero-order valence-electron chi connectivity index (χ0n) is 9.59. The summed E-state index contributed by atoms with van der Waals surface area (Å²) in [5.41, 5.74) is 18.4. The first kappa shape index (κ1) is 11.4. The molecular formula is C11H16N6. The van der Waals surface area contributed by atoms with Crippen LogP contribution in [0.1, 0.15) is 18.4 Å². The number of nitrogens with two attached hydrogens (primary N) is 3. The number of rotatable bonds is 2. The lowest BCUT2D eigenvalue weighted by Gasteiger charge is -2.31. The summed E-state index contributed by atoms with van der Waals surface area (Å²) >= 11 is 0. The summed E-state index contributed by atoms with van der Waals surface area (Å²) in [4.78, 5) is 8.27. The molecule has 0 saturated heterocycles. The fourth-order valence-electron chi connectivity index (χ4n) is 1.78. The van der Waals surface area contributed by atoms with E-state index in [1.54, 1.807) is 0 Å². The Morgan fingerprint density at radius 2 is 1.65 bits per heavy atom. The molecule has 6 nitrogen and oxygen atoms in total. The molecule has 1 aromatic carbocycles. The highest BCUT2D eigenvalue weighted by Crippen LogP contribution is 2.29. The number of aliphatic imine (C=N–C) groups is 2. The minimum atomic E-state index is -1.15. The second kappa shape index (κ2) is 4.06. The molecule has 90 valence electrons. The lowest BCUT2D eigenvalue weighted by Crippen LogP contribution is -2.54. The SMILES string of the molecule is C[C@@H](c1ccccc1)C1(N)N=C(N)NC(N)=N1. The van der Waals surface area contributed by atoms with Gasteiger partial charge in [-0.1, -0.05) is 37.3 Å². The van der Waals surface area contributed by atoms with Crippen LogP contribution >= 0.6 is 0 Å². The summed E-state index contributed by atoms with van der Waals surface area (Å²) in [6.45, 7) is 1.94. The van der Waals surface area contributed by atoms with E-state index in [2.05, 4.69) is 15.3 Å². The van der Waals surface area contributed by atoms with Crippen LogP contribution in [0, 0.1) is 0 Å². The molecule has 0 bridgehead atoms. The van der Waals surface area contributed by atoms with Crippen molar-refractivity contribution in [3.8, 4) is 0 Å². The van der Waals surface area contributed by atoms with E-state index in [1.807, 2.05) is 37.3 Å². The van der Waals surface area contributed by atoms with Crippen molar-refractivity contribution in [2.75, 3.05) is 0 Å². The van der Waals surface area contributed by atoms with Gasteiger partial charge in [-0.3, -0.25) is 11.1 Å². The van der Waals surface area contributed by atoms with Gasteiger partial charge in [-0.25, -0.2) is 9.98 Å². The first-order valence-corrected chi connectivity index (χ1v) is 5.33. The third kappa shape index (κ3) is 2.21. The molecule has 0 aromatic heterocycles. The van der Waals surface area contributed by atoms with Crippen LogP contribution < -0.4 is 22.5 Å². The number of nitrogens with zero attached hydrogens (tertiary/aromatic N) is 2. The topological polar surface area (TPSA) is 115 Å². The van der Waals surface area contributed by atoms with Gasteiger partial charge in [0.2, 0.25) is 5.79 Å². The van der Waals surface area contributed by atoms with Gasteiger partial charge in [-0.15, -0.1) is 0 Å². The molecule has 1 aromatic rings. The highest BCUT2D eigenvalue weighted by molar-refractivity contribution is 5.98. The Morgan fingerprint density at radius 3 is 2.18 bits per heavy atom. The number of hydrogen-bond donors (Lipinski definition) is 4. The largest absolute Gasteiger partial charge is 0.370 e. The fraction of sp³-hybridized carbons (Fsp3) is 0.273. The standard InChI is InChI=1S/C11H16N6/c1-7(8-5-3-2-4-6-8)11(14)16-9(12)15-10(13)17-11/h2-7H,14H2,1H3,(H5,12,13,15,16,17)/t7-/m0/s1. The van der Waals surface area contributed by atoms with Crippen LogP contribution in [-0.4, -0.2) is 17.7 Å². The molecule has 0 aliphatic carbocycles. The summed E-state index contributed by atoms with van der Waals surface area (Å²) in [6.07, 6.45) is 0. The fourth-order valence-corrected chi connectivity index (χ4v) is 1.78. The molecule has 1 aliphatic heterocycles. The summed E-state index contributed by atoms with van der Waals surface area (Å²) in [7, 11) is 0. The van der Waals surface area contributed by atoms with Gasteiger partial charge in [-0.2, -0.15) is 0 Å². The Bertz CT molecular complexity index is 446. The van der Waals surface area contributed by atoms with Crippen LogP contribution in [0.4, 0.5) is 0 Å². The van der Waals surface area contributed by atoms with Crippen molar-refractivity contribution >= 4 is 11.9 Å². The van der Waals surface area contributed by atoms with E-state index >= 15 is 0 Å². The third-order valence-corrected chi connectivity index (χ3v) is 2.79. The lowest BCUT2D eigenvalue weighted by atomic mass is 9.94. The van der Waals surface area contributed by atoms with Crippen molar-refractivity contribution in [3.05, 3.63) is 35.9 Å². The average Bonchev–Trinajstić information content (AvgIpc) is 2.27. The van der Waals surface area contributed by atoms with Gasteiger partial charge in [0, 0.05) is 5.92 Å². The van der Waals surface area contributed by atoms with Gasteiger partial charge in [0.25, 0.3) is 0 Å². The number of hydrogen-bond acceptors (Lipinski definition) is 6. The summed E-state index contributed by atoms with van der Waals surface area (Å²) in [5.74, 6) is -0.908. The van der Waals surface area contributed by atoms with Crippen molar-refractivity contribution < 1.29 is 0 Å². The van der Waals surface area contributed by atoms with E-state index in [9.17, 15) is 0 Å². The lowest BCUT2D eigenvalue weighted by molar-refractivity contribution is 0.388. The van der Waals surface area contributed by atoms with Gasteiger partial charge in [-0.05, 0) is 5.56 Å². The molecular weight excluding hydrogens is 216 g/mol. The second-order valence-electron chi connectivity index (χ2n) is 4.03. The predicted molar refractivity (Wildman–Crippen MR) is 68.2 cm³/mol. The van der Waals surface area contributed by atoms with Crippen LogP contribution in [0.5, 0.6) is 0 Å². The van der Waals surface area contributed by atoms with E-state index in [-0.39, 0.29) is 17.8 Å². The van der Waals surface area contributed by atoms with Crippen molar-refractivity contribution in [1.29, 1.82) is 0 Å². The quantitative estimate of drug-likeness (QED) is 0.557. The predicted octanol–water partition coefficient (Wildman–Crippen LogP) is -0.365. The van der Waals surface area contributed by atoms with Crippen molar-refractivity contribution in [1.82, 2.24) is 5.32 Å². The van der Waals surface area contributed by atoms with E-state index in [4.69, 9.17) is 17.2 Å². The van der Waals surface area contributed by atoms with Crippen molar-refractivity contribution in [2.45, 2.75) is 18.6 Å². The average molecular weight is 232 g/mol. The molecule has 0 amide bonds. The van der Waals surface area contributed by atoms with Gasteiger partial charge in [0.1, 0.15) is 0 Å². The first-order valence-electron chi connectivity index (χ1n) is 5.33. The Balaban J connectivity index is 2.36. The molecule has 17 heavy (non-hydrogen) atoms. The first-order chi connectivity index (χ1) is 8.01. The van der Waals surface area contributed by atoms with Crippen LogP contribution in [0.2, 0.25) is 0 Å². The second-order valence-corrected chi connectivity index (χ2v) is 4.03. The Hall–Kier alpha value is -2.08. The number of nitrogens with one attached hydrogen (secondary N) is 1. The normalized spacial score (nSPS) is 19.9. The molecule has 0 spiro atoms. The van der Waals surface area contributed by atoms with E-state index in [0.717, 1.165) is 5.56 Å². The smallest absolute Gasteiger partial charge is 0.216 e. The zero-order chi connectivity index (χ0) is 12.5. The van der Waals surface area contributed by atoms with E-state index in [1.165, 1.54) is 0 Å². The molecule has 2 rings (SSSR count). The Kier molecular flexibility index (Phi) is 2.72. The molecule has 1 atom stereocenters. The zero-order valence-corrected chi connectivity index (χ0v) is 9.59. The van der Waals surface area contributed by atoms with E-state index in [0.29, 0.717) is 0 Å². The van der Waals surface area contributed by atoms with Crippen LogP contribution in [-0.2, 0) is 0 Å². The molecule has 6 heteroatoms. The summed E-state index contributed by atoms with van der Waals surface area (Å²) in [5, 5.41) is 2.62. The minimum absolute atomic E-state index is 0.122. The van der Waals surface area contributed by atoms with Crippen LogP contribution in [0.25, 0.3) is 0 Å². The van der Waals surface area contributed by atoms with Crippen LogP contribution in [0.3, 0.4) is 0 Å². The minimum Gasteiger partial charge on any atom is -0.370 e. The maximum atomic E-state index is 6.14. The van der Waals surface area contributed by atoms with E-state index < -0.39 is 5.79 Å². The molecule has 0 saturated carbocycles. The summed E-state index contributed by atoms with van der Waals surface area (Å²) < 4.78 is 0. The third-order valence-electron chi connectivity index (χ3n) is 2.79. The maximum absolute atomic E-state index is 6.14. The van der Waals surface area contributed by atoms with Crippen molar-refractivity contribution in [2.24, 2.45) is 27.2 Å². The highest BCUT2D eigenvalue weighted by atomic mass is 15.4. The van der Waals surface area contributed by atoms with Gasteiger partial charge in [0.15, 0.2) is 11.9 Å². The Labute approximate surface area is 99.6 Å². The highest BCUT2D eigenvalue weighted by Gasteiger charge is 2.35. The number of guanidine groups is 2. The molecule has 0 fully saturated rings. The van der Waals surface area contributed by atoms with Crippen LogP contribution in [0.15, 0.2) is 40.3 Å². The maximum Gasteiger partial charge on any atom is 0.216 e. The monoisotopic (exact) mass is 232 g/mol. The van der Waals surface area contributed by atoms with Gasteiger partial charge < -0.3 is 11.5 Å². The molecule has 1 heterocycles. The van der Waals surface area contributed by atoms with Crippen molar-refractivity contribution in [3.63, 3.8) is 0 Å². The summed E-state index contributed by atoms with van der Waals surface area (Å²) in [6, 6.07) is 9.77. The van der Waals surface area contributed by atoms with Gasteiger partial charge in [0.05, 0.1) is 0 Å². The number of benzene rings is 1.